The van der Waals surface area contributed by atoms with E-state index in [1.165, 1.54) is 0 Å². The molecule has 0 aliphatic carbocycles. The van der Waals surface area contributed by atoms with Gasteiger partial charge in [-0.3, -0.25) is 0 Å². The van der Waals surface area contributed by atoms with Gasteiger partial charge in [0.25, 0.3) is 0 Å². The first-order valence-electron chi connectivity index (χ1n) is 2.71. The van der Waals surface area contributed by atoms with Crippen LogP contribution >= 0.6 is 11.8 Å². The SMILES string of the molecule is CCSC(=O)OCCO. The highest BCUT2D eigenvalue weighted by molar-refractivity contribution is 8.13. The highest BCUT2D eigenvalue weighted by atomic mass is 32.2. The van der Waals surface area contributed by atoms with Crippen LogP contribution in [0.25, 0.3) is 0 Å². The Labute approximate surface area is 58.4 Å². The minimum absolute atomic E-state index is 0.101. The smallest absolute Gasteiger partial charge is 0.367 e. The predicted octanol–water partition coefficient (Wildman–Crippen LogP) is 0.868. The van der Waals surface area contributed by atoms with E-state index in [1.807, 2.05) is 6.92 Å². The summed E-state index contributed by atoms with van der Waals surface area (Å²) in [6, 6.07) is 0. The van der Waals surface area contributed by atoms with Crippen LogP contribution in [0.1, 0.15) is 6.92 Å². The van der Waals surface area contributed by atoms with Gasteiger partial charge in [0.05, 0.1) is 6.61 Å². The molecule has 0 aliphatic heterocycles. The van der Waals surface area contributed by atoms with Gasteiger partial charge < -0.3 is 9.84 Å². The molecule has 0 saturated heterocycles. The second-order valence-corrected chi connectivity index (χ2v) is 2.45. The normalized spacial score (nSPS) is 9.11. The lowest BCUT2D eigenvalue weighted by molar-refractivity contribution is 0.141. The average Bonchev–Trinajstić information content (AvgIpc) is 1.85. The zero-order valence-electron chi connectivity index (χ0n) is 5.29. The Morgan fingerprint density at radius 1 is 1.78 bits per heavy atom. The van der Waals surface area contributed by atoms with Crippen LogP contribution in [-0.4, -0.2) is 29.4 Å². The molecule has 3 nitrogen and oxygen atoms in total. The zero-order valence-corrected chi connectivity index (χ0v) is 6.11. The van der Waals surface area contributed by atoms with E-state index in [1.54, 1.807) is 0 Å². The van der Waals surface area contributed by atoms with E-state index in [2.05, 4.69) is 4.74 Å². The molecule has 0 unspecified atom stereocenters. The van der Waals surface area contributed by atoms with Crippen LogP contribution in [0.5, 0.6) is 0 Å². The highest BCUT2D eigenvalue weighted by Crippen LogP contribution is 2.02. The second-order valence-electron chi connectivity index (χ2n) is 1.26. The Kier molecular flexibility index (Phi) is 5.76. The first-order chi connectivity index (χ1) is 4.31. The topological polar surface area (TPSA) is 46.5 Å². The Morgan fingerprint density at radius 3 is 2.89 bits per heavy atom. The number of aliphatic hydroxyl groups is 1. The number of hydrogen-bond acceptors (Lipinski definition) is 4. The first-order valence-corrected chi connectivity index (χ1v) is 3.70. The summed E-state index contributed by atoms with van der Waals surface area (Å²) in [6.07, 6.45) is 0. The van der Waals surface area contributed by atoms with Gasteiger partial charge >= 0.3 is 5.30 Å². The van der Waals surface area contributed by atoms with Crippen LogP contribution in [0.3, 0.4) is 0 Å². The maximum atomic E-state index is 10.4. The summed E-state index contributed by atoms with van der Waals surface area (Å²) in [4.78, 5) is 10.4. The van der Waals surface area contributed by atoms with Crippen molar-refractivity contribution in [3.8, 4) is 0 Å². The van der Waals surface area contributed by atoms with Gasteiger partial charge in [-0.25, -0.2) is 4.79 Å². The first kappa shape index (κ1) is 8.78. The number of hydrogen-bond donors (Lipinski definition) is 1. The molecule has 0 atom stereocenters. The largest absolute Gasteiger partial charge is 0.455 e. The van der Waals surface area contributed by atoms with Gasteiger partial charge in [0, 0.05) is 5.75 Å². The van der Waals surface area contributed by atoms with Crippen molar-refractivity contribution in [2.75, 3.05) is 19.0 Å². The van der Waals surface area contributed by atoms with E-state index in [9.17, 15) is 4.79 Å². The lowest BCUT2D eigenvalue weighted by Gasteiger charge is -1.97. The van der Waals surface area contributed by atoms with Crippen molar-refractivity contribution in [2.45, 2.75) is 6.92 Å². The maximum Gasteiger partial charge on any atom is 0.367 e. The van der Waals surface area contributed by atoms with E-state index in [0.717, 1.165) is 11.8 Å². The fourth-order valence-electron chi connectivity index (χ4n) is 0.288. The fraction of sp³-hybridized carbons (Fsp3) is 0.800. The van der Waals surface area contributed by atoms with Crippen molar-refractivity contribution < 1.29 is 14.6 Å². The number of aliphatic hydroxyl groups excluding tert-OH is 1. The standard InChI is InChI=1S/C5H10O3S/c1-2-9-5(7)8-4-3-6/h6H,2-4H2,1H3. The van der Waals surface area contributed by atoms with Gasteiger partial charge in [-0.05, 0) is 11.8 Å². The van der Waals surface area contributed by atoms with Gasteiger partial charge in [-0.2, -0.15) is 0 Å². The Balaban J connectivity index is 3.06. The molecular formula is C5H10O3S. The molecule has 0 fully saturated rings. The molecule has 0 aromatic rings. The molecule has 0 amide bonds. The molecule has 4 heteroatoms. The molecule has 1 N–H and O–H groups in total. The third-order valence-corrected chi connectivity index (χ3v) is 1.22. The molecule has 0 saturated carbocycles. The van der Waals surface area contributed by atoms with Crippen molar-refractivity contribution in [3.05, 3.63) is 0 Å². The number of ether oxygens (including phenoxy) is 1. The summed E-state index contributed by atoms with van der Waals surface area (Å²) in [5.41, 5.74) is 0. The summed E-state index contributed by atoms with van der Waals surface area (Å²) in [7, 11) is 0. The summed E-state index contributed by atoms with van der Waals surface area (Å²) in [5, 5.41) is 7.88. The van der Waals surface area contributed by atoms with Crippen LogP contribution in [0.15, 0.2) is 0 Å². The van der Waals surface area contributed by atoms with Crippen LogP contribution in [-0.2, 0) is 4.74 Å². The number of thioether (sulfide) groups is 1. The minimum atomic E-state index is -0.313. The Morgan fingerprint density at radius 2 is 2.44 bits per heavy atom. The summed E-state index contributed by atoms with van der Waals surface area (Å²) in [6.45, 7) is 1.87. The van der Waals surface area contributed by atoms with Gasteiger partial charge in [0.15, 0.2) is 0 Å². The van der Waals surface area contributed by atoms with Crippen LogP contribution in [0, 0.1) is 0 Å². The van der Waals surface area contributed by atoms with Gasteiger partial charge in [0.2, 0.25) is 0 Å². The van der Waals surface area contributed by atoms with Gasteiger partial charge in [0.1, 0.15) is 6.61 Å². The van der Waals surface area contributed by atoms with E-state index >= 15 is 0 Å². The van der Waals surface area contributed by atoms with Crippen LogP contribution in [0.2, 0.25) is 0 Å². The number of carbonyl (C=O) groups excluding carboxylic acids is 1. The molecule has 0 radical (unpaired) electrons. The predicted molar refractivity (Wildman–Crippen MR) is 36.6 cm³/mol. The zero-order chi connectivity index (χ0) is 7.11. The molecule has 0 aromatic heterocycles. The fourth-order valence-corrected chi connectivity index (χ4v) is 0.691. The third-order valence-electron chi connectivity index (χ3n) is 0.573. The van der Waals surface area contributed by atoms with Crippen molar-refractivity contribution in [1.29, 1.82) is 0 Å². The molecule has 54 valence electrons. The second kappa shape index (κ2) is 5.91. The molecule has 9 heavy (non-hydrogen) atoms. The quantitative estimate of drug-likeness (QED) is 0.606. The number of carbonyl (C=O) groups is 1. The lowest BCUT2D eigenvalue weighted by Crippen LogP contribution is -2.02. The van der Waals surface area contributed by atoms with Gasteiger partial charge in [-0.1, -0.05) is 6.92 Å². The molecule has 0 bridgehead atoms. The molecule has 0 spiro atoms. The summed E-state index contributed by atoms with van der Waals surface area (Å²) >= 11 is 1.10. The molecular weight excluding hydrogens is 140 g/mol. The molecule has 0 rings (SSSR count). The summed E-state index contributed by atoms with van der Waals surface area (Å²) < 4.78 is 4.51. The Bertz CT molecular complexity index is 84.3. The van der Waals surface area contributed by atoms with Crippen LogP contribution in [0.4, 0.5) is 4.79 Å². The van der Waals surface area contributed by atoms with Crippen molar-refractivity contribution in [2.24, 2.45) is 0 Å². The van der Waals surface area contributed by atoms with Gasteiger partial charge in [-0.15, -0.1) is 0 Å². The van der Waals surface area contributed by atoms with E-state index in [-0.39, 0.29) is 18.5 Å². The minimum Gasteiger partial charge on any atom is -0.455 e. The van der Waals surface area contributed by atoms with Crippen molar-refractivity contribution >= 4 is 17.1 Å². The van der Waals surface area contributed by atoms with Crippen molar-refractivity contribution in [3.63, 3.8) is 0 Å². The summed E-state index contributed by atoms with van der Waals surface area (Å²) in [5.74, 6) is 0.713. The molecule has 0 aliphatic rings. The lowest BCUT2D eigenvalue weighted by atomic mass is 10.8. The molecule has 0 aromatic carbocycles. The van der Waals surface area contributed by atoms with Crippen LogP contribution < -0.4 is 0 Å². The molecule has 0 heterocycles. The highest BCUT2D eigenvalue weighted by Gasteiger charge is 1.98. The Hall–Kier alpha value is -0.220. The van der Waals surface area contributed by atoms with Crippen molar-refractivity contribution in [1.82, 2.24) is 0 Å². The van der Waals surface area contributed by atoms with E-state index in [0.29, 0.717) is 5.75 Å². The monoisotopic (exact) mass is 150 g/mol. The van der Waals surface area contributed by atoms with E-state index < -0.39 is 0 Å². The number of rotatable bonds is 3. The maximum absolute atomic E-state index is 10.4. The van der Waals surface area contributed by atoms with E-state index in [4.69, 9.17) is 5.11 Å². The average molecular weight is 150 g/mol. The third kappa shape index (κ3) is 5.65.